The first kappa shape index (κ1) is 13.8. The zero-order valence-electron chi connectivity index (χ0n) is 11.0. The predicted molar refractivity (Wildman–Crippen MR) is 77.9 cm³/mol. The number of rotatable bonds is 3. The van der Waals surface area contributed by atoms with Crippen LogP contribution in [0.5, 0.6) is 0 Å². The number of likely N-dealkylation sites (tertiary alicyclic amines) is 1. The van der Waals surface area contributed by atoms with Crippen molar-refractivity contribution in [1.29, 1.82) is 0 Å². The van der Waals surface area contributed by atoms with Crippen LogP contribution in [0.25, 0.3) is 0 Å². The first-order valence-corrected chi connectivity index (χ1v) is 7.41. The molecule has 1 aliphatic heterocycles. The first-order valence-electron chi connectivity index (χ1n) is 6.62. The third-order valence-corrected chi connectivity index (χ3v) is 4.27. The standard InChI is InChI=1S/C15H20BrNO/c1-11-4-3-9-17(10-11)12(2)15(18)13-5-7-14(16)8-6-13/h5-8,11-12H,3-4,9-10H2,1-2H3. The number of Topliss-reactive ketones (excluding diaryl/α,β-unsaturated/α-hetero) is 1. The van der Waals surface area contributed by atoms with Crippen LogP contribution in [-0.2, 0) is 0 Å². The van der Waals surface area contributed by atoms with Gasteiger partial charge in [0.1, 0.15) is 0 Å². The molecule has 2 atom stereocenters. The van der Waals surface area contributed by atoms with Crippen molar-refractivity contribution in [3.05, 3.63) is 34.3 Å². The van der Waals surface area contributed by atoms with Gasteiger partial charge in [0.15, 0.2) is 5.78 Å². The maximum Gasteiger partial charge on any atom is 0.179 e. The number of halogens is 1. The van der Waals surface area contributed by atoms with Crippen LogP contribution in [0.1, 0.15) is 37.0 Å². The molecule has 1 aromatic carbocycles. The van der Waals surface area contributed by atoms with Crippen LogP contribution in [0.4, 0.5) is 0 Å². The van der Waals surface area contributed by atoms with Gasteiger partial charge in [0.05, 0.1) is 6.04 Å². The van der Waals surface area contributed by atoms with Gasteiger partial charge in [-0.25, -0.2) is 0 Å². The van der Waals surface area contributed by atoms with Crippen molar-refractivity contribution < 1.29 is 4.79 Å². The van der Waals surface area contributed by atoms with E-state index in [9.17, 15) is 4.79 Å². The number of hydrogen-bond acceptors (Lipinski definition) is 2. The van der Waals surface area contributed by atoms with E-state index in [4.69, 9.17) is 0 Å². The number of carbonyl (C=O) groups is 1. The summed E-state index contributed by atoms with van der Waals surface area (Å²) in [6, 6.07) is 7.65. The molecule has 0 N–H and O–H groups in total. The predicted octanol–water partition coefficient (Wildman–Crippen LogP) is 3.75. The topological polar surface area (TPSA) is 20.3 Å². The molecule has 2 nitrogen and oxygen atoms in total. The normalized spacial score (nSPS) is 22.7. The SMILES string of the molecule is CC1CCCN(C(C)C(=O)c2ccc(Br)cc2)C1. The molecule has 0 radical (unpaired) electrons. The Hall–Kier alpha value is -0.670. The van der Waals surface area contributed by atoms with E-state index in [2.05, 4.69) is 27.8 Å². The quantitative estimate of drug-likeness (QED) is 0.793. The molecule has 0 saturated carbocycles. The largest absolute Gasteiger partial charge is 0.293 e. The molecule has 0 spiro atoms. The van der Waals surface area contributed by atoms with E-state index in [0.717, 1.165) is 23.1 Å². The molecule has 98 valence electrons. The summed E-state index contributed by atoms with van der Waals surface area (Å²) in [7, 11) is 0. The summed E-state index contributed by atoms with van der Waals surface area (Å²) < 4.78 is 1.01. The van der Waals surface area contributed by atoms with Crippen molar-refractivity contribution >= 4 is 21.7 Å². The minimum absolute atomic E-state index is 0.00562. The van der Waals surface area contributed by atoms with Crippen molar-refractivity contribution in [1.82, 2.24) is 4.90 Å². The van der Waals surface area contributed by atoms with Crippen LogP contribution in [0.2, 0.25) is 0 Å². The highest BCUT2D eigenvalue weighted by molar-refractivity contribution is 9.10. The Balaban J connectivity index is 2.06. The lowest BCUT2D eigenvalue weighted by molar-refractivity contribution is 0.0765. The van der Waals surface area contributed by atoms with Gasteiger partial charge in [-0.1, -0.05) is 35.0 Å². The van der Waals surface area contributed by atoms with Gasteiger partial charge in [-0.15, -0.1) is 0 Å². The summed E-state index contributed by atoms with van der Waals surface area (Å²) in [6.07, 6.45) is 2.49. The number of nitrogens with zero attached hydrogens (tertiary/aromatic N) is 1. The molecule has 2 rings (SSSR count). The highest BCUT2D eigenvalue weighted by Crippen LogP contribution is 2.20. The molecule has 0 bridgehead atoms. The van der Waals surface area contributed by atoms with Crippen LogP contribution in [0.15, 0.2) is 28.7 Å². The highest BCUT2D eigenvalue weighted by atomic mass is 79.9. The van der Waals surface area contributed by atoms with E-state index in [-0.39, 0.29) is 11.8 Å². The highest BCUT2D eigenvalue weighted by Gasteiger charge is 2.26. The Kier molecular flexibility index (Phi) is 4.57. The molecular formula is C15H20BrNO. The molecule has 1 heterocycles. The number of carbonyl (C=O) groups excluding carboxylic acids is 1. The van der Waals surface area contributed by atoms with E-state index in [1.54, 1.807) is 0 Å². The molecule has 18 heavy (non-hydrogen) atoms. The Morgan fingerprint density at radius 3 is 2.67 bits per heavy atom. The molecule has 0 amide bonds. The average molecular weight is 310 g/mol. The molecule has 1 saturated heterocycles. The van der Waals surface area contributed by atoms with Crippen molar-refractivity contribution in [3.8, 4) is 0 Å². The fourth-order valence-corrected chi connectivity index (χ4v) is 2.86. The number of benzene rings is 1. The maximum absolute atomic E-state index is 12.4. The van der Waals surface area contributed by atoms with Crippen LogP contribution in [-0.4, -0.2) is 29.8 Å². The van der Waals surface area contributed by atoms with Crippen molar-refractivity contribution in [2.45, 2.75) is 32.7 Å². The van der Waals surface area contributed by atoms with Gasteiger partial charge in [-0.05, 0) is 44.4 Å². The fraction of sp³-hybridized carbons (Fsp3) is 0.533. The van der Waals surface area contributed by atoms with Crippen LogP contribution in [0, 0.1) is 5.92 Å². The van der Waals surface area contributed by atoms with E-state index in [1.807, 2.05) is 31.2 Å². The lowest BCUT2D eigenvalue weighted by Crippen LogP contribution is -2.44. The zero-order chi connectivity index (χ0) is 13.1. The van der Waals surface area contributed by atoms with Gasteiger partial charge in [0, 0.05) is 16.6 Å². The second kappa shape index (κ2) is 5.98. The zero-order valence-corrected chi connectivity index (χ0v) is 12.6. The summed E-state index contributed by atoms with van der Waals surface area (Å²) >= 11 is 3.39. The third kappa shape index (κ3) is 3.21. The third-order valence-electron chi connectivity index (χ3n) is 3.74. The Morgan fingerprint density at radius 2 is 2.06 bits per heavy atom. The molecule has 1 fully saturated rings. The van der Waals surface area contributed by atoms with Crippen LogP contribution >= 0.6 is 15.9 Å². The summed E-state index contributed by atoms with van der Waals surface area (Å²) in [4.78, 5) is 14.7. The summed E-state index contributed by atoms with van der Waals surface area (Å²) in [5.74, 6) is 0.940. The maximum atomic E-state index is 12.4. The lowest BCUT2D eigenvalue weighted by atomic mass is 9.96. The number of hydrogen-bond donors (Lipinski definition) is 0. The molecular weight excluding hydrogens is 290 g/mol. The molecule has 2 unspecified atom stereocenters. The fourth-order valence-electron chi connectivity index (χ4n) is 2.60. The van der Waals surface area contributed by atoms with Gasteiger partial charge in [-0.2, -0.15) is 0 Å². The van der Waals surface area contributed by atoms with Gasteiger partial charge in [-0.3, -0.25) is 9.69 Å². The second-order valence-corrected chi connectivity index (χ2v) is 6.21. The first-order chi connectivity index (χ1) is 8.58. The van der Waals surface area contributed by atoms with E-state index >= 15 is 0 Å². The monoisotopic (exact) mass is 309 g/mol. The minimum Gasteiger partial charge on any atom is -0.293 e. The van der Waals surface area contributed by atoms with Crippen molar-refractivity contribution in [2.75, 3.05) is 13.1 Å². The number of ketones is 1. The van der Waals surface area contributed by atoms with Crippen LogP contribution in [0.3, 0.4) is 0 Å². The Morgan fingerprint density at radius 1 is 1.39 bits per heavy atom. The smallest absolute Gasteiger partial charge is 0.179 e. The van der Waals surface area contributed by atoms with Crippen molar-refractivity contribution in [3.63, 3.8) is 0 Å². The number of piperidine rings is 1. The molecule has 0 aliphatic carbocycles. The summed E-state index contributed by atoms with van der Waals surface area (Å²) in [5, 5.41) is 0. The lowest BCUT2D eigenvalue weighted by Gasteiger charge is -2.34. The minimum atomic E-state index is -0.00562. The molecule has 1 aromatic rings. The summed E-state index contributed by atoms with van der Waals surface area (Å²) in [5.41, 5.74) is 0.809. The average Bonchev–Trinajstić information content (AvgIpc) is 2.38. The van der Waals surface area contributed by atoms with Crippen molar-refractivity contribution in [2.24, 2.45) is 5.92 Å². The Labute approximate surface area is 117 Å². The van der Waals surface area contributed by atoms with E-state index < -0.39 is 0 Å². The van der Waals surface area contributed by atoms with Crippen LogP contribution < -0.4 is 0 Å². The molecule has 3 heteroatoms. The molecule has 0 aromatic heterocycles. The van der Waals surface area contributed by atoms with Gasteiger partial charge < -0.3 is 0 Å². The van der Waals surface area contributed by atoms with Gasteiger partial charge >= 0.3 is 0 Å². The van der Waals surface area contributed by atoms with Gasteiger partial charge in [0.25, 0.3) is 0 Å². The van der Waals surface area contributed by atoms with E-state index in [0.29, 0.717) is 5.92 Å². The Bertz CT molecular complexity index is 415. The molecule has 1 aliphatic rings. The van der Waals surface area contributed by atoms with E-state index in [1.165, 1.54) is 12.8 Å². The van der Waals surface area contributed by atoms with Gasteiger partial charge in [0.2, 0.25) is 0 Å². The summed E-state index contributed by atoms with van der Waals surface area (Å²) in [6.45, 7) is 6.39. The second-order valence-electron chi connectivity index (χ2n) is 5.29.